The highest BCUT2D eigenvalue weighted by molar-refractivity contribution is 7.92. The van der Waals surface area contributed by atoms with E-state index in [1.165, 1.54) is 42.5 Å². The largest absolute Gasteiger partial charge is 0.338 e. The summed E-state index contributed by atoms with van der Waals surface area (Å²) in [4.78, 5) is 17.0. The van der Waals surface area contributed by atoms with E-state index in [0.29, 0.717) is 17.4 Å². The molecule has 0 aliphatic rings. The van der Waals surface area contributed by atoms with Gasteiger partial charge in [-0.25, -0.2) is 12.8 Å². The number of hydrogen-bond acceptors (Lipinski definition) is 6. The molecule has 8 nitrogen and oxygen atoms in total. The van der Waals surface area contributed by atoms with Crippen LogP contribution in [0.15, 0.2) is 82.2 Å². The molecule has 0 atom stereocenters. The monoisotopic (exact) mass is 494 g/mol. The van der Waals surface area contributed by atoms with E-state index < -0.39 is 21.7 Å². The van der Waals surface area contributed by atoms with E-state index in [-0.39, 0.29) is 21.6 Å². The second kappa shape index (κ2) is 9.30. The Hall–Kier alpha value is -4.05. The first-order valence-electron chi connectivity index (χ1n) is 10.7. The first kappa shape index (κ1) is 24.1. The standard InChI is InChI=1S/C25H23FN4O4S/c1-25(2,3)24-28-22(29-34-24)16-11-13-18(14-12-16)27-23(31)17-7-6-8-19(15-17)35(32,33)30-21-10-5-4-9-20(21)26/h4-15,30H,1-3H3,(H,27,31). The number of carbonyl (C=O) groups excluding carboxylic acids is 1. The molecule has 0 saturated carbocycles. The van der Waals surface area contributed by atoms with Crippen LogP contribution in [-0.2, 0) is 15.4 Å². The molecule has 0 unspecified atom stereocenters. The fraction of sp³-hybridized carbons (Fsp3) is 0.160. The van der Waals surface area contributed by atoms with Crippen LogP contribution in [0.2, 0.25) is 0 Å². The van der Waals surface area contributed by atoms with Crippen molar-refractivity contribution in [1.82, 2.24) is 10.1 Å². The van der Waals surface area contributed by atoms with E-state index in [0.717, 1.165) is 11.6 Å². The van der Waals surface area contributed by atoms with Gasteiger partial charge in [0.05, 0.1) is 10.6 Å². The van der Waals surface area contributed by atoms with Crippen LogP contribution in [0.4, 0.5) is 15.8 Å². The van der Waals surface area contributed by atoms with Gasteiger partial charge in [-0.3, -0.25) is 9.52 Å². The molecule has 1 aromatic heterocycles. The molecule has 0 radical (unpaired) electrons. The van der Waals surface area contributed by atoms with Crippen molar-refractivity contribution in [2.45, 2.75) is 31.1 Å². The Kier molecular flexibility index (Phi) is 6.40. The van der Waals surface area contributed by atoms with Crippen molar-refractivity contribution in [2.24, 2.45) is 0 Å². The molecule has 10 heteroatoms. The molecule has 0 aliphatic carbocycles. The maximum absolute atomic E-state index is 13.9. The molecule has 2 N–H and O–H groups in total. The third-order valence-electron chi connectivity index (χ3n) is 4.99. The second-order valence-corrected chi connectivity index (χ2v) is 10.5. The van der Waals surface area contributed by atoms with Gasteiger partial charge in [0, 0.05) is 22.2 Å². The summed E-state index contributed by atoms with van der Waals surface area (Å²) in [5.41, 5.74) is 0.883. The van der Waals surface area contributed by atoms with Crippen molar-refractivity contribution in [3.8, 4) is 11.4 Å². The molecule has 3 aromatic carbocycles. The van der Waals surface area contributed by atoms with Crippen LogP contribution in [0.1, 0.15) is 37.0 Å². The summed E-state index contributed by atoms with van der Waals surface area (Å²) in [7, 11) is -4.10. The van der Waals surface area contributed by atoms with Crippen molar-refractivity contribution in [2.75, 3.05) is 10.0 Å². The number of anilines is 2. The zero-order valence-corrected chi connectivity index (χ0v) is 20.1. The van der Waals surface area contributed by atoms with Gasteiger partial charge in [-0.1, -0.05) is 44.1 Å². The molecule has 1 amide bonds. The Bertz CT molecular complexity index is 1480. The molecule has 0 fully saturated rings. The van der Waals surface area contributed by atoms with Crippen LogP contribution in [0.3, 0.4) is 0 Å². The highest BCUT2D eigenvalue weighted by atomic mass is 32.2. The topological polar surface area (TPSA) is 114 Å². The maximum atomic E-state index is 13.9. The average Bonchev–Trinajstić information content (AvgIpc) is 3.32. The summed E-state index contributed by atoms with van der Waals surface area (Å²) < 4.78 is 46.8. The van der Waals surface area contributed by atoms with Crippen molar-refractivity contribution in [3.63, 3.8) is 0 Å². The smallest absolute Gasteiger partial charge is 0.262 e. The summed E-state index contributed by atoms with van der Waals surface area (Å²) in [6, 6.07) is 17.7. The fourth-order valence-electron chi connectivity index (χ4n) is 3.10. The summed E-state index contributed by atoms with van der Waals surface area (Å²) in [6.45, 7) is 5.91. The van der Waals surface area contributed by atoms with Crippen LogP contribution in [0.25, 0.3) is 11.4 Å². The number of aromatic nitrogens is 2. The van der Waals surface area contributed by atoms with Crippen molar-refractivity contribution in [3.05, 3.63) is 90.1 Å². The minimum atomic E-state index is -4.10. The van der Waals surface area contributed by atoms with Crippen LogP contribution >= 0.6 is 0 Å². The molecule has 4 rings (SSSR count). The van der Waals surface area contributed by atoms with Crippen LogP contribution in [0, 0.1) is 5.82 Å². The molecule has 0 bridgehead atoms. The lowest BCUT2D eigenvalue weighted by Crippen LogP contribution is -2.16. The van der Waals surface area contributed by atoms with E-state index in [4.69, 9.17) is 4.52 Å². The quantitative estimate of drug-likeness (QED) is 0.380. The Balaban J connectivity index is 1.48. The Morgan fingerprint density at radius 2 is 1.69 bits per heavy atom. The van der Waals surface area contributed by atoms with Gasteiger partial charge in [0.2, 0.25) is 11.7 Å². The number of nitrogens with one attached hydrogen (secondary N) is 2. The number of sulfonamides is 1. The van der Waals surface area contributed by atoms with Crippen LogP contribution in [0.5, 0.6) is 0 Å². The van der Waals surface area contributed by atoms with E-state index >= 15 is 0 Å². The molecule has 0 spiro atoms. The summed E-state index contributed by atoms with van der Waals surface area (Å²) >= 11 is 0. The molecule has 1 heterocycles. The number of para-hydroxylation sites is 1. The third kappa shape index (κ3) is 5.55. The highest BCUT2D eigenvalue weighted by Gasteiger charge is 2.22. The van der Waals surface area contributed by atoms with Gasteiger partial charge in [0.1, 0.15) is 5.82 Å². The summed E-state index contributed by atoms with van der Waals surface area (Å²) in [5.74, 6) is -0.253. The predicted octanol–water partition coefficient (Wildman–Crippen LogP) is 5.23. The molecule has 35 heavy (non-hydrogen) atoms. The number of nitrogens with zero attached hydrogens (tertiary/aromatic N) is 2. The minimum Gasteiger partial charge on any atom is -0.338 e. The van der Waals surface area contributed by atoms with E-state index in [2.05, 4.69) is 20.2 Å². The van der Waals surface area contributed by atoms with Crippen LogP contribution < -0.4 is 10.0 Å². The van der Waals surface area contributed by atoms with Gasteiger partial charge < -0.3 is 9.84 Å². The molecular formula is C25H23FN4O4S. The first-order valence-corrected chi connectivity index (χ1v) is 12.1. The van der Waals surface area contributed by atoms with Crippen molar-refractivity contribution < 1.29 is 22.1 Å². The van der Waals surface area contributed by atoms with Crippen molar-refractivity contribution >= 4 is 27.3 Å². The Morgan fingerprint density at radius 3 is 2.34 bits per heavy atom. The maximum Gasteiger partial charge on any atom is 0.262 e. The minimum absolute atomic E-state index is 0.124. The summed E-state index contributed by atoms with van der Waals surface area (Å²) in [6.07, 6.45) is 0. The zero-order chi connectivity index (χ0) is 25.2. The third-order valence-corrected chi connectivity index (χ3v) is 6.36. The Labute approximate surface area is 202 Å². The number of halogens is 1. The molecule has 180 valence electrons. The van der Waals surface area contributed by atoms with E-state index in [9.17, 15) is 17.6 Å². The zero-order valence-electron chi connectivity index (χ0n) is 19.2. The number of rotatable bonds is 6. The lowest BCUT2D eigenvalue weighted by atomic mass is 9.97. The number of benzene rings is 3. The summed E-state index contributed by atoms with van der Waals surface area (Å²) in [5, 5.41) is 6.72. The highest BCUT2D eigenvalue weighted by Crippen LogP contribution is 2.25. The second-order valence-electron chi connectivity index (χ2n) is 8.82. The lowest BCUT2D eigenvalue weighted by molar-refractivity contribution is 0.102. The van der Waals surface area contributed by atoms with E-state index in [1.54, 1.807) is 24.3 Å². The normalized spacial score (nSPS) is 11.8. The molecule has 0 aliphatic heterocycles. The van der Waals surface area contributed by atoms with Gasteiger partial charge in [0.25, 0.3) is 15.9 Å². The fourth-order valence-corrected chi connectivity index (χ4v) is 4.22. The van der Waals surface area contributed by atoms with Crippen molar-refractivity contribution in [1.29, 1.82) is 0 Å². The molecule has 4 aromatic rings. The SMILES string of the molecule is CC(C)(C)c1nc(-c2ccc(NC(=O)c3cccc(S(=O)(=O)Nc4ccccc4F)c3)cc2)no1. The van der Waals surface area contributed by atoms with Gasteiger partial charge in [-0.15, -0.1) is 0 Å². The number of hydrogen-bond donors (Lipinski definition) is 2. The van der Waals surface area contributed by atoms with Gasteiger partial charge in [-0.2, -0.15) is 4.98 Å². The molecular weight excluding hydrogens is 471 g/mol. The molecule has 0 saturated heterocycles. The first-order chi connectivity index (χ1) is 16.5. The van der Waals surface area contributed by atoms with Gasteiger partial charge in [-0.05, 0) is 54.6 Å². The van der Waals surface area contributed by atoms with E-state index in [1.807, 2.05) is 20.8 Å². The number of amides is 1. The van der Waals surface area contributed by atoms with Crippen LogP contribution in [-0.4, -0.2) is 24.5 Å². The Morgan fingerprint density at radius 1 is 0.971 bits per heavy atom. The van der Waals surface area contributed by atoms with Gasteiger partial charge in [0.15, 0.2) is 0 Å². The van der Waals surface area contributed by atoms with Gasteiger partial charge >= 0.3 is 0 Å². The lowest BCUT2D eigenvalue weighted by Gasteiger charge is -2.11. The average molecular weight is 495 g/mol. The number of carbonyl (C=O) groups is 1. The predicted molar refractivity (Wildman–Crippen MR) is 130 cm³/mol.